The summed E-state index contributed by atoms with van der Waals surface area (Å²) in [6.45, 7) is -0.0952. The van der Waals surface area contributed by atoms with Crippen LogP contribution >= 0.6 is 0 Å². The molecule has 0 unspecified atom stereocenters. The zero-order valence-electron chi connectivity index (χ0n) is 16.2. The predicted molar refractivity (Wildman–Crippen MR) is 94.6 cm³/mol. The standard InChI is InChI=1S/C15H25N7O9/c16-21-9(23)5-4-8(11(25)22-17)19-10(24)7(20-13(27)15(30)31)3-1-2-6-18-12(26)14(28)29/h7-8H,1-6,16-17H2,(H,18,26)(H,19,24)(H,20,27)(H,21,23)(H,22,25)(H,28,29)(H,30,31)/p-2/t7-,8-/m0/s1. The summed E-state index contributed by atoms with van der Waals surface area (Å²) < 4.78 is 0. The number of hydrogen-bond donors (Lipinski definition) is 7. The molecule has 0 spiro atoms. The Labute approximate surface area is 175 Å². The van der Waals surface area contributed by atoms with Gasteiger partial charge < -0.3 is 35.8 Å². The summed E-state index contributed by atoms with van der Waals surface area (Å²) in [5, 5.41) is 27.1. The molecule has 31 heavy (non-hydrogen) atoms. The average molecular weight is 445 g/mol. The van der Waals surface area contributed by atoms with Gasteiger partial charge in [0.25, 0.3) is 17.7 Å². The Morgan fingerprint density at radius 2 is 1.29 bits per heavy atom. The van der Waals surface area contributed by atoms with Crippen LogP contribution in [0.15, 0.2) is 0 Å². The molecule has 0 aliphatic rings. The highest BCUT2D eigenvalue weighted by Gasteiger charge is 2.27. The Morgan fingerprint density at radius 1 is 0.710 bits per heavy atom. The van der Waals surface area contributed by atoms with E-state index >= 15 is 0 Å². The first-order valence-corrected chi connectivity index (χ1v) is 8.84. The monoisotopic (exact) mass is 445 g/mol. The number of carboxylic acids is 2. The Kier molecular flexibility index (Phi) is 12.5. The fourth-order valence-electron chi connectivity index (χ4n) is 2.22. The summed E-state index contributed by atoms with van der Waals surface area (Å²) in [5.74, 6) is 0.543. The lowest BCUT2D eigenvalue weighted by Crippen LogP contribution is -2.56. The van der Waals surface area contributed by atoms with Crippen molar-refractivity contribution in [1.29, 1.82) is 0 Å². The van der Waals surface area contributed by atoms with Crippen LogP contribution in [0.4, 0.5) is 0 Å². The van der Waals surface area contributed by atoms with Crippen LogP contribution in [0.2, 0.25) is 0 Å². The Morgan fingerprint density at radius 3 is 1.81 bits per heavy atom. The minimum Gasteiger partial charge on any atom is -0.540 e. The summed E-state index contributed by atoms with van der Waals surface area (Å²) in [6.07, 6.45) is -0.334. The van der Waals surface area contributed by atoms with E-state index in [1.165, 1.54) is 0 Å². The van der Waals surface area contributed by atoms with Gasteiger partial charge in [-0.05, 0) is 25.7 Å². The van der Waals surface area contributed by atoms with Crippen molar-refractivity contribution in [2.45, 2.75) is 44.2 Å². The van der Waals surface area contributed by atoms with E-state index in [1.54, 1.807) is 5.43 Å². The van der Waals surface area contributed by atoms with Crippen molar-refractivity contribution in [3.63, 3.8) is 0 Å². The van der Waals surface area contributed by atoms with Gasteiger partial charge in [-0.1, -0.05) is 0 Å². The van der Waals surface area contributed by atoms with E-state index in [2.05, 4.69) is 5.32 Å². The molecule has 0 heterocycles. The molecule has 0 saturated carbocycles. The summed E-state index contributed by atoms with van der Waals surface area (Å²) in [7, 11) is 0. The van der Waals surface area contributed by atoms with Gasteiger partial charge >= 0.3 is 0 Å². The number of carbonyl (C=O) groups is 7. The number of carboxylic acid groups (broad SMARTS) is 2. The highest BCUT2D eigenvalue weighted by molar-refractivity contribution is 6.31. The van der Waals surface area contributed by atoms with E-state index in [0.717, 1.165) is 0 Å². The fraction of sp³-hybridized carbons (Fsp3) is 0.533. The minimum atomic E-state index is -2.10. The molecule has 9 N–H and O–H groups in total. The van der Waals surface area contributed by atoms with Crippen LogP contribution < -0.4 is 48.7 Å². The molecule has 0 aliphatic heterocycles. The van der Waals surface area contributed by atoms with Crippen molar-refractivity contribution >= 4 is 41.5 Å². The SMILES string of the molecule is NNC(=O)CC[C@H](NC(=O)[C@H](CCCCNC(=O)C(=O)[O-])NC(=O)C(=O)[O-])C(=O)NN. The molecule has 0 aliphatic carbocycles. The number of amides is 5. The maximum absolute atomic E-state index is 12.5. The van der Waals surface area contributed by atoms with E-state index < -0.39 is 53.6 Å². The molecule has 0 saturated heterocycles. The van der Waals surface area contributed by atoms with Crippen molar-refractivity contribution in [2.24, 2.45) is 11.7 Å². The van der Waals surface area contributed by atoms with Gasteiger partial charge in [0.05, 0.1) is 0 Å². The van der Waals surface area contributed by atoms with Gasteiger partial charge in [0.2, 0.25) is 11.8 Å². The Hall–Kier alpha value is -3.79. The molecule has 0 bridgehead atoms. The highest BCUT2D eigenvalue weighted by Crippen LogP contribution is 2.04. The number of unbranched alkanes of at least 4 members (excludes halogenated alkanes) is 1. The third kappa shape index (κ3) is 11.1. The molecule has 5 amide bonds. The van der Waals surface area contributed by atoms with Crippen molar-refractivity contribution < 1.29 is 43.8 Å². The fourth-order valence-corrected chi connectivity index (χ4v) is 2.22. The van der Waals surface area contributed by atoms with Crippen molar-refractivity contribution in [1.82, 2.24) is 26.8 Å². The second-order valence-corrected chi connectivity index (χ2v) is 6.03. The van der Waals surface area contributed by atoms with Crippen molar-refractivity contribution in [3.8, 4) is 0 Å². The summed E-state index contributed by atoms with van der Waals surface area (Å²) in [6, 6.07) is -2.74. The van der Waals surface area contributed by atoms with E-state index in [9.17, 15) is 43.8 Å². The van der Waals surface area contributed by atoms with E-state index in [4.69, 9.17) is 11.7 Å². The lowest BCUT2D eigenvalue weighted by Gasteiger charge is -2.22. The molecule has 0 fully saturated rings. The Balaban J connectivity index is 5.03. The van der Waals surface area contributed by atoms with Crippen molar-refractivity contribution in [2.75, 3.05) is 6.54 Å². The van der Waals surface area contributed by atoms with Crippen LogP contribution in [-0.2, 0) is 33.6 Å². The highest BCUT2D eigenvalue weighted by atomic mass is 16.4. The lowest BCUT2D eigenvalue weighted by atomic mass is 10.1. The number of hydrogen-bond acceptors (Lipinski definition) is 11. The average Bonchev–Trinajstić information content (AvgIpc) is 2.73. The lowest BCUT2D eigenvalue weighted by molar-refractivity contribution is -0.301. The van der Waals surface area contributed by atoms with Crippen LogP contribution in [0.1, 0.15) is 32.1 Å². The molecule has 16 heteroatoms. The van der Waals surface area contributed by atoms with Gasteiger partial charge in [-0.15, -0.1) is 0 Å². The van der Waals surface area contributed by atoms with Crippen LogP contribution in [0.3, 0.4) is 0 Å². The molecule has 2 atom stereocenters. The number of nitrogens with one attached hydrogen (secondary N) is 5. The molecule has 0 radical (unpaired) electrons. The maximum Gasteiger partial charge on any atom is 0.267 e. The predicted octanol–water partition coefficient (Wildman–Crippen LogP) is -7.50. The molecular formula is C15H23N7O9-2. The molecule has 16 nitrogen and oxygen atoms in total. The van der Waals surface area contributed by atoms with Crippen LogP contribution in [0, 0.1) is 0 Å². The smallest absolute Gasteiger partial charge is 0.267 e. The van der Waals surface area contributed by atoms with E-state index in [1.807, 2.05) is 16.1 Å². The van der Waals surface area contributed by atoms with Gasteiger partial charge in [0, 0.05) is 13.0 Å². The molecule has 174 valence electrons. The van der Waals surface area contributed by atoms with E-state index in [0.29, 0.717) is 0 Å². The number of aliphatic carboxylic acids is 2. The third-order valence-electron chi connectivity index (χ3n) is 3.79. The first-order valence-electron chi connectivity index (χ1n) is 8.84. The Bertz CT molecular complexity index is 713. The minimum absolute atomic E-state index is 0.0952. The van der Waals surface area contributed by atoms with Crippen molar-refractivity contribution in [3.05, 3.63) is 0 Å². The molecular weight excluding hydrogens is 422 g/mol. The topological polar surface area (TPSA) is 278 Å². The number of hydrazine groups is 2. The number of nitrogens with two attached hydrogens (primary N) is 2. The van der Waals surface area contributed by atoms with Gasteiger partial charge in [0.15, 0.2) is 0 Å². The first-order chi connectivity index (χ1) is 14.5. The largest absolute Gasteiger partial charge is 0.540 e. The summed E-state index contributed by atoms with van der Waals surface area (Å²) >= 11 is 0. The van der Waals surface area contributed by atoms with E-state index in [-0.39, 0.29) is 38.6 Å². The number of carbonyl (C=O) groups excluding carboxylic acids is 7. The zero-order chi connectivity index (χ0) is 24.0. The normalized spacial score (nSPS) is 11.9. The zero-order valence-corrected chi connectivity index (χ0v) is 16.2. The third-order valence-corrected chi connectivity index (χ3v) is 3.79. The van der Waals surface area contributed by atoms with Gasteiger partial charge in [-0.2, -0.15) is 0 Å². The molecule has 0 rings (SSSR count). The number of rotatable bonds is 12. The van der Waals surface area contributed by atoms with Gasteiger partial charge in [-0.3, -0.25) is 34.8 Å². The van der Waals surface area contributed by atoms with Gasteiger partial charge in [0.1, 0.15) is 24.0 Å². The summed E-state index contributed by atoms with van der Waals surface area (Å²) in [4.78, 5) is 78.7. The van der Waals surface area contributed by atoms with Crippen LogP contribution in [0.25, 0.3) is 0 Å². The van der Waals surface area contributed by atoms with Crippen LogP contribution in [-0.4, -0.2) is 60.1 Å². The van der Waals surface area contributed by atoms with Gasteiger partial charge in [-0.25, -0.2) is 11.7 Å². The summed E-state index contributed by atoms with van der Waals surface area (Å²) in [5.41, 5.74) is 3.62. The second-order valence-electron chi connectivity index (χ2n) is 6.03. The maximum atomic E-state index is 12.5. The first kappa shape index (κ1) is 27.2. The molecule has 0 aromatic heterocycles. The molecule has 0 aromatic rings. The van der Waals surface area contributed by atoms with Crippen LogP contribution in [0.5, 0.6) is 0 Å². The molecule has 0 aromatic carbocycles. The quantitative estimate of drug-likeness (QED) is 0.0487. The second kappa shape index (κ2) is 14.2.